The van der Waals surface area contributed by atoms with Crippen LogP contribution in [0.5, 0.6) is 0 Å². The first kappa shape index (κ1) is 14.9. The molecule has 1 rings (SSSR count). The van der Waals surface area contributed by atoms with E-state index in [0.29, 0.717) is 5.56 Å². The molecule has 1 atom stereocenters. The molecule has 6 nitrogen and oxygen atoms in total. The SMILES string of the molecule is CCCC(C)OC(=O)c1cc(C)cc([N+](=O)[O-])c1N. The summed E-state index contributed by atoms with van der Waals surface area (Å²) in [5.74, 6) is -0.620. The van der Waals surface area contributed by atoms with Crippen molar-refractivity contribution in [3.63, 3.8) is 0 Å². The molecule has 0 spiro atoms. The molecule has 0 radical (unpaired) electrons. The van der Waals surface area contributed by atoms with Crippen LogP contribution < -0.4 is 5.73 Å². The summed E-state index contributed by atoms with van der Waals surface area (Å²) in [6.45, 7) is 5.43. The number of carbonyl (C=O) groups excluding carboxylic acids is 1. The average molecular weight is 266 g/mol. The number of carbonyl (C=O) groups is 1. The largest absolute Gasteiger partial charge is 0.459 e. The summed E-state index contributed by atoms with van der Waals surface area (Å²) in [5, 5.41) is 10.8. The van der Waals surface area contributed by atoms with E-state index >= 15 is 0 Å². The van der Waals surface area contributed by atoms with Gasteiger partial charge in [-0.15, -0.1) is 0 Å². The van der Waals surface area contributed by atoms with E-state index in [1.807, 2.05) is 6.92 Å². The number of anilines is 1. The Hall–Kier alpha value is -2.11. The highest BCUT2D eigenvalue weighted by molar-refractivity contribution is 5.97. The van der Waals surface area contributed by atoms with E-state index < -0.39 is 10.9 Å². The van der Waals surface area contributed by atoms with Gasteiger partial charge in [0.2, 0.25) is 0 Å². The molecule has 1 aromatic carbocycles. The summed E-state index contributed by atoms with van der Waals surface area (Å²) in [6.07, 6.45) is 1.38. The van der Waals surface area contributed by atoms with Crippen LogP contribution in [0.15, 0.2) is 12.1 Å². The van der Waals surface area contributed by atoms with Gasteiger partial charge in [0.05, 0.1) is 16.6 Å². The molecule has 0 aliphatic carbocycles. The number of rotatable bonds is 5. The zero-order valence-corrected chi connectivity index (χ0v) is 11.3. The molecular formula is C13H18N2O4. The van der Waals surface area contributed by atoms with Crippen molar-refractivity contribution < 1.29 is 14.5 Å². The van der Waals surface area contributed by atoms with Gasteiger partial charge in [-0.25, -0.2) is 4.79 Å². The fourth-order valence-corrected chi connectivity index (χ4v) is 1.81. The smallest absolute Gasteiger partial charge is 0.340 e. The van der Waals surface area contributed by atoms with E-state index in [1.54, 1.807) is 13.8 Å². The molecule has 0 amide bonds. The molecular weight excluding hydrogens is 248 g/mol. The van der Waals surface area contributed by atoms with Gasteiger partial charge in [-0.2, -0.15) is 0 Å². The Morgan fingerprint density at radius 1 is 1.53 bits per heavy atom. The third-order valence-electron chi connectivity index (χ3n) is 2.72. The van der Waals surface area contributed by atoms with E-state index in [4.69, 9.17) is 10.5 Å². The van der Waals surface area contributed by atoms with Crippen LogP contribution in [0, 0.1) is 17.0 Å². The van der Waals surface area contributed by atoms with Gasteiger partial charge >= 0.3 is 5.97 Å². The number of nitro benzene ring substituents is 1. The lowest BCUT2D eigenvalue weighted by Gasteiger charge is -2.13. The number of nitrogens with two attached hydrogens (primary N) is 1. The highest BCUT2D eigenvalue weighted by Gasteiger charge is 2.22. The predicted octanol–water partition coefficient (Wildman–Crippen LogP) is 2.83. The molecule has 0 aromatic heterocycles. The average Bonchev–Trinajstić information content (AvgIpc) is 2.31. The molecule has 104 valence electrons. The van der Waals surface area contributed by atoms with Gasteiger partial charge < -0.3 is 10.5 Å². The summed E-state index contributed by atoms with van der Waals surface area (Å²) in [6, 6.07) is 2.84. The monoisotopic (exact) mass is 266 g/mol. The number of ether oxygens (including phenoxy) is 1. The Bertz CT molecular complexity index is 500. The van der Waals surface area contributed by atoms with Crippen LogP contribution in [0.4, 0.5) is 11.4 Å². The Morgan fingerprint density at radius 3 is 2.68 bits per heavy atom. The van der Waals surface area contributed by atoms with Crippen molar-refractivity contribution in [2.45, 2.75) is 39.7 Å². The molecule has 0 aliphatic rings. The van der Waals surface area contributed by atoms with Gasteiger partial charge in [0, 0.05) is 6.07 Å². The maximum absolute atomic E-state index is 12.0. The molecule has 0 heterocycles. The number of esters is 1. The van der Waals surface area contributed by atoms with Crippen molar-refractivity contribution in [2.24, 2.45) is 0 Å². The lowest BCUT2D eigenvalue weighted by atomic mass is 10.1. The molecule has 0 aliphatic heterocycles. The molecule has 19 heavy (non-hydrogen) atoms. The van der Waals surface area contributed by atoms with Crippen molar-refractivity contribution in [1.82, 2.24) is 0 Å². The predicted molar refractivity (Wildman–Crippen MR) is 72.0 cm³/mol. The summed E-state index contributed by atoms with van der Waals surface area (Å²) >= 11 is 0. The first-order valence-corrected chi connectivity index (χ1v) is 6.12. The Morgan fingerprint density at radius 2 is 2.16 bits per heavy atom. The minimum absolute atomic E-state index is 0.0506. The van der Waals surface area contributed by atoms with Gasteiger partial charge in [0.15, 0.2) is 0 Å². The topological polar surface area (TPSA) is 95.5 Å². The number of benzene rings is 1. The zero-order chi connectivity index (χ0) is 14.6. The number of hydrogen-bond acceptors (Lipinski definition) is 5. The van der Waals surface area contributed by atoms with Crippen LogP contribution in [-0.2, 0) is 4.74 Å². The molecule has 6 heteroatoms. The van der Waals surface area contributed by atoms with Crippen LogP contribution in [0.1, 0.15) is 42.6 Å². The number of hydrogen-bond donors (Lipinski definition) is 1. The third-order valence-corrected chi connectivity index (χ3v) is 2.72. The minimum Gasteiger partial charge on any atom is -0.459 e. The third kappa shape index (κ3) is 3.67. The highest BCUT2D eigenvalue weighted by atomic mass is 16.6. The van der Waals surface area contributed by atoms with E-state index in [2.05, 4.69) is 0 Å². The van der Waals surface area contributed by atoms with Crippen LogP contribution in [0.3, 0.4) is 0 Å². The molecule has 0 fully saturated rings. The number of nitro groups is 1. The second kappa shape index (κ2) is 6.17. The van der Waals surface area contributed by atoms with Crippen LogP contribution >= 0.6 is 0 Å². The zero-order valence-electron chi connectivity index (χ0n) is 11.3. The maximum atomic E-state index is 12.0. The van der Waals surface area contributed by atoms with Gasteiger partial charge in [-0.3, -0.25) is 10.1 Å². The van der Waals surface area contributed by atoms with Crippen molar-refractivity contribution in [3.8, 4) is 0 Å². The lowest BCUT2D eigenvalue weighted by molar-refractivity contribution is -0.384. The van der Waals surface area contributed by atoms with Gasteiger partial charge in [-0.05, 0) is 31.9 Å². The van der Waals surface area contributed by atoms with Crippen LogP contribution in [-0.4, -0.2) is 17.0 Å². The molecule has 0 bridgehead atoms. The Kier molecular flexibility index (Phi) is 4.86. The first-order valence-electron chi connectivity index (χ1n) is 6.12. The molecule has 1 unspecified atom stereocenters. The molecule has 0 saturated carbocycles. The number of nitrogen functional groups attached to an aromatic ring is 1. The number of nitrogens with zero attached hydrogens (tertiary/aromatic N) is 1. The minimum atomic E-state index is -0.620. The van der Waals surface area contributed by atoms with Gasteiger partial charge in [-0.1, -0.05) is 13.3 Å². The van der Waals surface area contributed by atoms with E-state index in [9.17, 15) is 14.9 Å². The standard InChI is InChI=1S/C13H18N2O4/c1-4-5-9(3)19-13(16)10-6-8(2)7-11(12(10)14)15(17)18/h6-7,9H,4-5,14H2,1-3H3. The first-order chi connectivity index (χ1) is 8.86. The normalized spacial score (nSPS) is 11.9. The Labute approximate surface area is 111 Å². The van der Waals surface area contributed by atoms with Crippen LogP contribution in [0.2, 0.25) is 0 Å². The highest BCUT2D eigenvalue weighted by Crippen LogP contribution is 2.28. The van der Waals surface area contributed by atoms with Crippen molar-refractivity contribution in [3.05, 3.63) is 33.4 Å². The lowest BCUT2D eigenvalue weighted by Crippen LogP contribution is -2.16. The van der Waals surface area contributed by atoms with Crippen molar-refractivity contribution in [1.29, 1.82) is 0 Å². The van der Waals surface area contributed by atoms with Gasteiger partial charge in [0.25, 0.3) is 5.69 Å². The maximum Gasteiger partial charge on any atom is 0.340 e. The molecule has 1 aromatic rings. The van der Waals surface area contributed by atoms with Crippen molar-refractivity contribution >= 4 is 17.3 Å². The quantitative estimate of drug-likeness (QED) is 0.382. The second-order valence-electron chi connectivity index (χ2n) is 4.51. The summed E-state index contributed by atoms with van der Waals surface area (Å²) in [7, 11) is 0. The fourth-order valence-electron chi connectivity index (χ4n) is 1.81. The fraction of sp³-hybridized carbons (Fsp3) is 0.462. The van der Waals surface area contributed by atoms with Crippen molar-refractivity contribution in [2.75, 3.05) is 5.73 Å². The Balaban J connectivity index is 3.06. The summed E-state index contributed by atoms with van der Waals surface area (Å²) in [4.78, 5) is 22.2. The van der Waals surface area contributed by atoms with Gasteiger partial charge in [0.1, 0.15) is 5.69 Å². The number of aryl methyl sites for hydroxylation is 1. The van der Waals surface area contributed by atoms with E-state index in [-0.39, 0.29) is 23.0 Å². The summed E-state index contributed by atoms with van der Waals surface area (Å²) < 4.78 is 5.21. The second-order valence-corrected chi connectivity index (χ2v) is 4.51. The summed E-state index contributed by atoms with van der Waals surface area (Å²) in [5.41, 5.74) is 5.89. The molecule has 0 saturated heterocycles. The molecule has 2 N–H and O–H groups in total. The van der Waals surface area contributed by atoms with E-state index in [0.717, 1.165) is 12.8 Å². The van der Waals surface area contributed by atoms with Crippen LogP contribution in [0.25, 0.3) is 0 Å². The van der Waals surface area contributed by atoms with E-state index in [1.165, 1.54) is 12.1 Å².